The van der Waals surface area contributed by atoms with Gasteiger partial charge in [-0.3, -0.25) is 14.2 Å². The molecule has 0 saturated carbocycles. The van der Waals surface area contributed by atoms with E-state index in [0.29, 0.717) is 33.5 Å². The number of aromatic nitrogens is 2. The van der Waals surface area contributed by atoms with E-state index in [2.05, 4.69) is 10.3 Å². The minimum absolute atomic E-state index is 0.160. The summed E-state index contributed by atoms with van der Waals surface area (Å²) < 4.78 is 7.36. The summed E-state index contributed by atoms with van der Waals surface area (Å²) in [7, 11) is 0. The number of aromatic amines is 1. The Morgan fingerprint density at radius 2 is 2.12 bits per heavy atom. The highest BCUT2D eigenvalue weighted by atomic mass is 32.1. The Morgan fingerprint density at radius 1 is 1.36 bits per heavy atom. The summed E-state index contributed by atoms with van der Waals surface area (Å²) in [5, 5.41) is 3.39. The number of carbonyl (C=O) groups is 1. The molecule has 0 spiro atoms. The van der Waals surface area contributed by atoms with Crippen molar-refractivity contribution in [3.63, 3.8) is 0 Å². The van der Waals surface area contributed by atoms with Crippen LogP contribution in [0.1, 0.15) is 41.8 Å². The molecule has 0 aliphatic heterocycles. The molecule has 7 heteroatoms. The zero-order chi connectivity index (χ0) is 18.1. The van der Waals surface area contributed by atoms with Crippen LogP contribution in [0.3, 0.4) is 0 Å². The van der Waals surface area contributed by atoms with Crippen molar-refractivity contribution in [1.82, 2.24) is 14.9 Å². The van der Waals surface area contributed by atoms with E-state index in [1.165, 1.54) is 4.57 Å². The van der Waals surface area contributed by atoms with Gasteiger partial charge in [0, 0.05) is 12.1 Å². The molecule has 1 atom stereocenters. The van der Waals surface area contributed by atoms with Gasteiger partial charge < -0.3 is 14.7 Å². The molecule has 2 heterocycles. The lowest BCUT2D eigenvalue weighted by atomic mass is 10.1. The average Bonchev–Trinajstić information content (AvgIpc) is 3.01. The zero-order valence-corrected chi connectivity index (χ0v) is 15.1. The van der Waals surface area contributed by atoms with Gasteiger partial charge in [0.25, 0.3) is 11.5 Å². The van der Waals surface area contributed by atoms with E-state index in [9.17, 15) is 9.59 Å². The van der Waals surface area contributed by atoms with Gasteiger partial charge in [-0.05, 0) is 63.3 Å². The van der Waals surface area contributed by atoms with E-state index >= 15 is 0 Å². The molecular formula is C18H19N3O3S. The molecule has 6 nitrogen and oxygen atoms in total. The lowest BCUT2D eigenvalue weighted by Gasteiger charge is -2.12. The first-order valence-electron chi connectivity index (χ1n) is 8.04. The first-order chi connectivity index (χ1) is 11.9. The predicted molar refractivity (Wildman–Crippen MR) is 98.4 cm³/mol. The van der Waals surface area contributed by atoms with Crippen molar-refractivity contribution >= 4 is 29.0 Å². The fraction of sp³-hybridized carbons (Fsp3) is 0.278. The van der Waals surface area contributed by atoms with Crippen LogP contribution in [-0.2, 0) is 6.54 Å². The molecule has 1 amide bonds. The summed E-state index contributed by atoms with van der Waals surface area (Å²) in [5.74, 6) is 1.24. The van der Waals surface area contributed by atoms with E-state index in [1.807, 2.05) is 32.9 Å². The van der Waals surface area contributed by atoms with E-state index in [4.69, 9.17) is 16.6 Å². The first-order valence-corrected chi connectivity index (χ1v) is 8.45. The normalized spacial score (nSPS) is 12.3. The van der Waals surface area contributed by atoms with Crippen LogP contribution in [0.2, 0.25) is 0 Å². The standard InChI is InChI=1S/C18H19N3O3S/c1-4-21-17(23)13-7-6-12(9-14(13)20-18(21)25)16(22)19-11(3)15-8-5-10(2)24-15/h5-9,11H,4H2,1-3H3,(H,19,22)(H,20,25)/t11-/m1/s1. The number of carbonyl (C=O) groups excluding carboxylic acids is 1. The van der Waals surface area contributed by atoms with Crippen molar-refractivity contribution in [3.8, 4) is 0 Å². The number of H-pyrrole nitrogens is 1. The highest BCUT2D eigenvalue weighted by Gasteiger charge is 2.15. The van der Waals surface area contributed by atoms with Crippen molar-refractivity contribution in [3.05, 3.63) is 62.5 Å². The van der Waals surface area contributed by atoms with Crippen LogP contribution in [0.4, 0.5) is 0 Å². The van der Waals surface area contributed by atoms with Crippen LogP contribution in [0.25, 0.3) is 10.9 Å². The predicted octanol–water partition coefficient (Wildman–Crippen LogP) is 3.47. The van der Waals surface area contributed by atoms with Gasteiger partial charge in [0.15, 0.2) is 4.77 Å². The van der Waals surface area contributed by atoms with Crippen LogP contribution >= 0.6 is 12.2 Å². The fourth-order valence-electron chi connectivity index (χ4n) is 2.72. The topological polar surface area (TPSA) is 80.0 Å². The van der Waals surface area contributed by atoms with E-state index in [1.54, 1.807) is 18.2 Å². The van der Waals surface area contributed by atoms with Crippen molar-refractivity contribution in [2.24, 2.45) is 0 Å². The Kier molecular flexibility index (Phi) is 4.59. The SMILES string of the molecule is CCn1c(=S)[nH]c2cc(C(=O)N[C@H](C)c3ccc(C)o3)ccc2c1=O. The highest BCUT2D eigenvalue weighted by molar-refractivity contribution is 7.71. The number of fused-ring (bicyclic) bond motifs is 1. The minimum atomic E-state index is -0.261. The van der Waals surface area contributed by atoms with Gasteiger partial charge in [-0.2, -0.15) is 0 Å². The second kappa shape index (κ2) is 6.68. The number of rotatable bonds is 4. The molecule has 0 saturated heterocycles. The smallest absolute Gasteiger partial charge is 0.262 e. The third kappa shape index (κ3) is 3.28. The molecule has 0 unspecified atom stereocenters. The number of hydrogen-bond acceptors (Lipinski definition) is 4. The van der Waals surface area contributed by atoms with Gasteiger partial charge in [-0.1, -0.05) is 0 Å². The molecule has 0 aliphatic rings. The maximum atomic E-state index is 12.5. The molecular weight excluding hydrogens is 338 g/mol. The van der Waals surface area contributed by atoms with Gasteiger partial charge in [-0.15, -0.1) is 0 Å². The highest BCUT2D eigenvalue weighted by Crippen LogP contribution is 2.17. The number of nitrogens with zero attached hydrogens (tertiary/aromatic N) is 1. The van der Waals surface area contributed by atoms with Gasteiger partial charge in [-0.25, -0.2) is 0 Å². The molecule has 0 radical (unpaired) electrons. The number of furan rings is 1. The van der Waals surface area contributed by atoms with E-state index in [-0.39, 0.29) is 17.5 Å². The molecule has 2 N–H and O–H groups in total. The molecule has 3 rings (SSSR count). The second-order valence-electron chi connectivity index (χ2n) is 5.88. The molecule has 0 fully saturated rings. The molecule has 3 aromatic rings. The maximum Gasteiger partial charge on any atom is 0.262 e. The van der Waals surface area contributed by atoms with Crippen molar-refractivity contribution < 1.29 is 9.21 Å². The lowest BCUT2D eigenvalue weighted by Crippen LogP contribution is -2.26. The maximum absolute atomic E-state index is 12.5. The molecule has 2 aromatic heterocycles. The first kappa shape index (κ1) is 17.2. The Balaban J connectivity index is 1.92. The quantitative estimate of drug-likeness (QED) is 0.701. The Bertz CT molecular complexity index is 1060. The van der Waals surface area contributed by atoms with Crippen LogP contribution < -0.4 is 10.9 Å². The van der Waals surface area contributed by atoms with Gasteiger partial charge in [0.2, 0.25) is 0 Å². The minimum Gasteiger partial charge on any atom is -0.464 e. The zero-order valence-electron chi connectivity index (χ0n) is 14.3. The number of amides is 1. The monoisotopic (exact) mass is 357 g/mol. The summed E-state index contributed by atoms with van der Waals surface area (Å²) in [4.78, 5) is 27.9. The lowest BCUT2D eigenvalue weighted by molar-refractivity contribution is 0.0935. The third-order valence-electron chi connectivity index (χ3n) is 4.10. The van der Waals surface area contributed by atoms with Crippen molar-refractivity contribution in [1.29, 1.82) is 0 Å². The Hall–Kier alpha value is -2.67. The summed E-state index contributed by atoms with van der Waals surface area (Å²) in [6.07, 6.45) is 0. The second-order valence-corrected chi connectivity index (χ2v) is 6.27. The number of benzene rings is 1. The van der Waals surface area contributed by atoms with Crippen LogP contribution in [0.15, 0.2) is 39.5 Å². The molecule has 1 aromatic carbocycles. The molecule has 0 aliphatic carbocycles. The third-order valence-corrected chi connectivity index (χ3v) is 4.42. The van der Waals surface area contributed by atoms with Crippen LogP contribution in [0.5, 0.6) is 0 Å². The molecule has 25 heavy (non-hydrogen) atoms. The summed E-state index contributed by atoms with van der Waals surface area (Å²) in [6, 6.07) is 8.35. The summed E-state index contributed by atoms with van der Waals surface area (Å²) in [6.45, 7) is 6.06. The molecule has 0 bridgehead atoms. The van der Waals surface area contributed by atoms with E-state index in [0.717, 1.165) is 5.76 Å². The van der Waals surface area contributed by atoms with Crippen LogP contribution in [0, 0.1) is 11.7 Å². The molecule has 130 valence electrons. The largest absolute Gasteiger partial charge is 0.464 e. The number of hydrogen-bond donors (Lipinski definition) is 2. The fourth-order valence-corrected chi connectivity index (χ4v) is 3.04. The number of nitrogens with one attached hydrogen (secondary N) is 2. The Morgan fingerprint density at radius 3 is 2.76 bits per heavy atom. The van der Waals surface area contributed by atoms with Crippen molar-refractivity contribution in [2.45, 2.75) is 33.4 Å². The van der Waals surface area contributed by atoms with Gasteiger partial charge >= 0.3 is 0 Å². The Labute approximate surface area is 149 Å². The van der Waals surface area contributed by atoms with Crippen LogP contribution in [-0.4, -0.2) is 15.5 Å². The van der Waals surface area contributed by atoms with E-state index < -0.39 is 0 Å². The van der Waals surface area contributed by atoms with Gasteiger partial charge in [0.1, 0.15) is 11.5 Å². The summed E-state index contributed by atoms with van der Waals surface area (Å²) >= 11 is 5.21. The van der Waals surface area contributed by atoms with Gasteiger partial charge in [0.05, 0.1) is 16.9 Å². The van der Waals surface area contributed by atoms with Crippen molar-refractivity contribution in [2.75, 3.05) is 0 Å². The summed E-state index contributed by atoms with van der Waals surface area (Å²) in [5.41, 5.74) is 0.836. The average molecular weight is 357 g/mol. The number of aryl methyl sites for hydroxylation is 1.